The average molecular weight is 387 g/mol. The number of nitrogens with zero attached hydrogens (tertiary/aromatic N) is 1. The van der Waals surface area contributed by atoms with Gasteiger partial charge in [0.05, 0.1) is 6.54 Å². The molecule has 2 amide bonds. The van der Waals surface area contributed by atoms with E-state index in [-0.39, 0.29) is 19.1 Å². The van der Waals surface area contributed by atoms with Gasteiger partial charge in [0.15, 0.2) is 0 Å². The summed E-state index contributed by atoms with van der Waals surface area (Å²) in [5, 5.41) is 11.2. The van der Waals surface area contributed by atoms with Crippen molar-refractivity contribution < 1.29 is 14.7 Å². The molecule has 0 aromatic carbocycles. The van der Waals surface area contributed by atoms with E-state index in [2.05, 4.69) is 46.9 Å². The Kier molecular flexibility index (Phi) is 20.5. The Hall–Kier alpha value is -1.10. The second-order valence-electron chi connectivity index (χ2n) is 8.48. The maximum atomic E-state index is 11.4. The molecular formula is C22H46N2O3. The molecule has 0 bridgehead atoms. The fraction of sp³-hybridized carbons (Fsp3) is 0.909. The third-order valence-electron chi connectivity index (χ3n) is 4.20. The van der Waals surface area contributed by atoms with Crippen LogP contribution < -0.4 is 5.32 Å². The number of unbranched alkanes of at least 4 members (excludes halogenated alkanes) is 3. The highest BCUT2D eigenvalue weighted by Gasteiger charge is 2.21. The van der Waals surface area contributed by atoms with Crippen molar-refractivity contribution >= 4 is 12.3 Å². The lowest BCUT2D eigenvalue weighted by atomic mass is 9.98. The first kappa shape index (κ1) is 28.1. The van der Waals surface area contributed by atoms with E-state index in [1.165, 1.54) is 32.1 Å². The van der Waals surface area contributed by atoms with Gasteiger partial charge in [-0.25, -0.2) is 0 Å². The molecule has 2 N–H and O–H groups in total. The minimum absolute atomic E-state index is 0.0477. The molecule has 0 spiro atoms. The topological polar surface area (TPSA) is 69.6 Å². The van der Waals surface area contributed by atoms with Crippen molar-refractivity contribution in [2.24, 2.45) is 17.8 Å². The Bertz CT molecular complexity index is 336. The van der Waals surface area contributed by atoms with Crippen LogP contribution in [0.25, 0.3) is 0 Å². The monoisotopic (exact) mass is 386 g/mol. The van der Waals surface area contributed by atoms with Gasteiger partial charge in [-0.3, -0.25) is 9.59 Å². The Morgan fingerprint density at radius 3 is 2.07 bits per heavy atom. The fourth-order valence-corrected chi connectivity index (χ4v) is 2.59. The van der Waals surface area contributed by atoms with Gasteiger partial charge in [0.1, 0.15) is 0 Å². The highest BCUT2D eigenvalue weighted by molar-refractivity contribution is 5.80. The maximum Gasteiger partial charge on any atom is 0.241 e. The van der Waals surface area contributed by atoms with Crippen LogP contribution in [0.3, 0.4) is 0 Å². The summed E-state index contributed by atoms with van der Waals surface area (Å²) in [6, 6.07) is 0. The Morgan fingerprint density at radius 1 is 1.11 bits per heavy atom. The lowest BCUT2D eigenvalue weighted by molar-refractivity contribution is -0.132. The van der Waals surface area contributed by atoms with Gasteiger partial charge < -0.3 is 15.3 Å². The molecule has 5 nitrogen and oxygen atoms in total. The Labute approximate surface area is 168 Å². The minimum Gasteiger partial charge on any atom is -0.396 e. The number of hydrogen-bond donors (Lipinski definition) is 2. The van der Waals surface area contributed by atoms with Crippen LogP contribution in [-0.4, -0.2) is 48.6 Å². The maximum absolute atomic E-state index is 11.4. The number of piperidine rings is 1. The largest absolute Gasteiger partial charge is 0.396 e. The fourth-order valence-electron chi connectivity index (χ4n) is 2.59. The molecule has 0 aromatic rings. The number of amides is 2. The molecule has 27 heavy (non-hydrogen) atoms. The van der Waals surface area contributed by atoms with Crippen LogP contribution in [0.1, 0.15) is 86.5 Å². The molecule has 0 aliphatic carbocycles. The van der Waals surface area contributed by atoms with Crippen LogP contribution in [0.15, 0.2) is 0 Å². The van der Waals surface area contributed by atoms with Crippen LogP contribution in [0.4, 0.5) is 0 Å². The third-order valence-corrected chi connectivity index (χ3v) is 4.20. The van der Waals surface area contributed by atoms with Gasteiger partial charge in [0, 0.05) is 19.7 Å². The molecular weight excluding hydrogens is 340 g/mol. The first-order valence-electron chi connectivity index (χ1n) is 10.8. The number of rotatable bonds is 9. The molecule has 0 radical (unpaired) electrons. The molecule has 5 heteroatoms. The zero-order valence-corrected chi connectivity index (χ0v) is 18.8. The summed E-state index contributed by atoms with van der Waals surface area (Å²) in [7, 11) is 0. The van der Waals surface area contributed by atoms with E-state index in [4.69, 9.17) is 5.11 Å². The minimum atomic E-state index is -0.0477. The molecule has 1 fully saturated rings. The first-order valence-corrected chi connectivity index (χ1v) is 10.8. The van der Waals surface area contributed by atoms with Crippen molar-refractivity contribution in [3.8, 4) is 0 Å². The Morgan fingerprint density at radius 2 is 1.67 bits per heavy atom. The van der Waals surface area contributed by atoms with Gasteiger partial charge >= 0.3 is 0 Å². The molecule has 1 aliphatic heterocycles. The van der Waals surface area contributed by atoms with Crippen molar-refractivity contribution in [1.29, 1.82) is 0 Å². The highest BCUT2D eigenvalue weighted by atomic mass is 16.3. The van der Waals surface area contributed by atoms with Gasteiger partial charge in [-0.2, -0.15) is 0 Å². The third kappa shape index (κ3) is 21.1. The molecule has 1 aliphatic rings. The van der Waals surface area contributed by atoms with Crippen molar-refractivity contribution in [1.82, 2.24) is 10.2 Å². The zero-order chi connectivity index (χ0) is 21.1. The van der Waals surface area contributed by atoms with E-state index in [0.717, 1.165) is 24.7 Å². The summed E-state index contributed by atoms with van der Waals surface area (Å²) < 4.78 is 0. The number of carbonyl (C=O) groups is 2. The molecule has 0 saturated carbocycles. The molecule has 1 saturated heterocycles. The van der Waals surface area contributed by atoms with Gasteiger partial charge in [-0.15, -0.1) is 0 Å². The van der Waals surface area contributed by atoms with Crippen molar-refractivity contribution in [3.63, 3.8) is 0 Å². The van der Waals surface area contributed by atoms with E-state index in [1.54, 1.807) is 4.90 Å². The normalized spacial score (nSPS) is 14.2. The van der Waals surface area contributed by atoms with Gasteiger partial charge in [0.25, 0.3) is 0 Å². The summed E-state index contributed by atoms with van der Waals surface area (Å²) in [5.74, 6) is 2.02. The van der Waals surface area contributed by atoms with E-state index in [9.17, 15) is 9.59 Å². The quantitative estimate of drug-likeness (QED) is 0.460. The number of aliphatic hydroxyl groups excluding tert-OH is 1. The second-order valence-corrected chi connectivity index (χ2v) is 8.48. The number of likely N-dealkylation sites (tertiary alicyclic amines) is 1. The first-order chi connectivity index (χ1) is 12.8. The SMILES string of the molecule is CC(C)C.CCCCCCC(C)C.O=CNCC(=O)N1CCC(CO)CC1. The smallest absolute Gasteiger partial charge is 0.241 e. The number of carbonyl (C=O) groups excluding carboxylic acids is 2. The van der Waals surface area contributed by atoms with Crippen molar-refractivity contribution in [2.45, 2.75) is 86.5 Å². The summed E-state index contributed by atoms with van der Waals surface area (Å²) in [6.45, 7) is 15.0. The average Bonchev–Trinajstić information content (AvgIpc) is 2.63. The number of hydrogen-bond acceptors (Lipinski definition) is 3. The van der Waals surface area contributed by atoms with Crippen molar-refractivity contribution in [3.05, 3.63) is 0 Å². The van der Waals surface area contributed by atoms with E-state index >= 15 is 0 Å². The van der Waals surface area contributed by atoms with Gasteiger partial charge in [-0.1, -0.05) is 73.6 Å². The summed E-state index contributed by atoms with van der Waals surface area (Å²) in [6.07, 6.45) is 9.30. The van der Waals surface area contributed by atoms with Crippen LogP contribution in [0.2, 0.25) is 0 Å². The molecule has 162 valence electrons. The summed E-state index contributed by atoms with van der Waals surface area (Å²) in [5.41, 5.74) is 0. The lowest BCUT2D eigenvalue weighted by Gasteiger charge is -2.31. The number of nitrogens with one attached hydrogen (secondary N) is 1. The molecule has 1 rings (SSSR count). The molecule has 0 aromatic heterocycles. The lowest BCUT2D eigenvalue weighted by Crippen LogP contribution is -2.43. The zero-order valence-electron chi connectivity index (χ0n) is 18.8. The van der Waals surface area contributed by atoms with Crippen LogP contribution in [-0.2, 0) is 9.59 Å². The van der Waals surface area contributed by atoms with Crippen molar-refractivity contribution in [2.75, 3.05) is 26.2 Å². The van der Waals surface area contributed by atoms with Gasteiger partial charge in [-0.05, 0) is 30.6 Å². The molecule has 0 unspecified atom stereocenters. The van der Waals surface area contributed by atoms with E-state index in [0.29, 0.717) is 25.4 Å². The highest BCUT2D eigenvalue weighted by Crippen LogP contribution is 2.15. The summed E-state index contributed by atoms with van der Waals surface area (Å²) in [4.78, 5) is 23.1. The second kappa shape index (κ2) is 19.7. The summed E-state index contributed by atoms with van der Waals surface area (Å²) >= 11 is 0. The van der Waals surface area contributed by atoms with Crippen LogP contribution in [0, 0.1) is 17.8 Å². The van der Waals surface area contributed by atoms with E-state index < -0.39 is 0 Å². The predicted molar refractivity (Wildman–Crippen MR) is 115 cm³/mol. The predicted octanol–water partition coefficient (Wildman–Crippen LogP) is 4.24. The van der Waals surface area contributed by atoms with Crippen LogP contribution in [0.5, 0.6) is 0 Å². The molecule has 0 atom stereocenters. The Balaban J connectivity index is 0. The molecule has 1 heterocycles. The standard InChI is InChI=1S/C9H16N2O3.C9H20.C4H10/c12-6-8-1-3-11(4-2-8)9(14)5-10-7-13;1-4-5-6-7-8-9(2)3;1-4(2)3/h7-8,12H,1-6H2,(H,10,13);9H,4-8H2,1-3H3;4H,1-3H3. The van der Waals surface area contributed by atoms with E-state index in [1.807, 2.05) is 0 Å². The van der Waals surface area contributed by atoms with Crippen LogP contribution >= 0.6 is 0 Å². The number of aliphatic hydroxyl groups is 1. The van der Waals surface area contributed by atoms with Gasteiger partial charge in [0.2, 0.25) is 12.3 Å².